The van der Waals surface area contributed by atoms with Crippen molar-refractivity contribution in [3.63, 3.8) is 0 Å². The van der Waals surface area contributed by atoms with Gasteiger partial charge in [0.25, 0.3) is 5.91 Å². The zero-order chi connectivity index (χ0) is 22.2. The van der Waals surface area contributed by atoms with Crippen molar-refractivity contribution < 1.29 is 18.0 Å². The van der Waals surface area contributed by atoms with E-state index in [1.54, 1.807) is 6.92 Å². The first kappa shape index (κ1) is 21.6. The quantitative estimate of drug-likeness (QED) is 0.464. The van der Waals surface area contributed by atoms with Crippen molar-refractivity contribution in [3.05, 3.63) is 75.8 Å². The van der Waals surface area contributed by atoms with Crippen molar-refractivity contribution in [2.45, 2.75) is 38.8 Å². The van der Waals surface area contributed by atoms with Crippen molar-refractivity contribution >= 4 is 17.2 Å². The molecule has 1 unspecified atom stereocenters. The predicted octanol–water partition coefficient (Wildman–Crippen LogP) is 6.47. The van der Waals surface area contributed by atoms with Crippen LogP contribution in [0.15, 0.2) is 48.5 Å². The summed E-state index contributed by atoms with van der Waals surface area (Å²) < 4.78 is 38.4. The van der Waals surface area contributed by atoms with Gasteiger partial charge in [0.15, 0.2) is 0 Å². The van der Waals surface area contributed by atoms with Gasteiger partial charge in [0, 0.05) is 24.6 Å². The maximum atomic E-state index is 13.2. The largest absolute Gasteiger partial charge is 0.416 e. The molecule has 1 saturated heterocycles. The van der Waals surface area contributed by atoms with E-state index in [1.807, 2.05) is 4.90 Å². The minimum Gasteiger partial charge on any atom is -0.337 e. The SMILES string of the molecule is Cc1ccc(C2CCCN(C(=O)c3sc(-c4ccc(C(F)(F)F)cc4)nc3C)C2)cc1. The van der Waals surface area contributed by atoms with Crippen LogP contribution in [0, 0.1) is 13.8 Å². The van der Waals surface area contributed by atoms with Crippen LogP contribution >= 0.6 is 11.3 Å². The fourth-order valence-electron chi connectivity index (χ4n) is 3.94. The van der Waals surface area contributed by atoms with Crippen LogP contribution in [0.5, 0.6) is 0 Å². The Hall–Kier alpha value is -2.67. The highest BCUT2D eigenvalue weighted by Gasteiger charge is 2.31. The molecule has 1 aromatic heterocycles. The number of carbonyl (C=O) groups is 1. The summed E-state index contributed by atoms with van der Waals surface area (Å²) in [5, 5.41) is 0.557. The average molecular weight is 445 g/mol. The van der Waals surface area contributed by atoms with Gasteiger partial charge in [-0.15, -0.1) is 11.3 Å². The van der Waals surface area contributed by atoms with E-state index < -0.39 is 11.7 Å². The molecule has 2 heterocycles. The fraction of sp³-hybridized carbons (Fsp3) is 0.333. The molecule has 1 atom stereocenters. The second-order valence-electron chi connectivity index (χ2n) is 8.01. The highest BCUT2D eigenvalue weighted by atomic mass is 32.1. The molecule has 162 valence electrons. The summed E-state index contributed by atoms with van der Waals surface area (Å²) in [6.45, 7) is 5.20. The number of piperidine rings is 1. The van der Waals surface area contributed by atoms with E-state index in [0.29, 0.717) is 40.1 Å². The predicted molar refractivity (Wildman–Crippen MR) is 116 cm³/mol. The number of thiazole rings is 1. The molecular weight excluding hydrogens is 421 g/mol. The van der Waals surface area contributed by atoms with E-state index in [4.69, 9.17) is 0 Å². The molecule has 1 fully saturated rings. The number of nitrogens with zero attached hydrogens (tertiary/aromatic N) is 2. The van der Waals surface area contributed by atoms with Gasteiger partial charge in [0.2, 0.25) is 0 Å². The lowest BCUT2D eigenvalue weighted by Crippen LogP contribution is -2.39. The first-order valence-electron chi connectivity index (χ1n) is 10.2. The molecule has 4 rings (SSSR count). The molecule has 0 bridgehead atoms. The number of aryl methyl sites for hydroxylation is 2. The average Bonchev–Trinajstić information content (AvgIpc) is 3.15. The maximum Gasteiger partial charge on any atom is 0.416 e. The molecule has 0 N–H and O–H groups in total. The van der Waals surface area contributed by atoms with Crippen molar-refractivity contribution in [3.8, 4) is 10.6 Å². The minimum absolute atomic E-state index is 0.0510. The van der Waals surface area contributed by atoms with Crippen molar-refractivity contribution in [1.82, 2.24) is 9.88 Å². The molecule has 2 aromatic carbocycles. The Morgan fingerprint density at radius 2 is 1.74 bits per heavy atom. The molecule has 1 amide bonds. The topological polar surface area (TPSA) is 33.2 Å². The van der Waals surface area contributed by atoms with Gasteiger partial charge in [0.1, 0.15) is 9.88 Å². The molecule has 0 radical (unpaired) electrons. The Bertz CT molecular complexity index is 1070. The molecule has 0 spiro atoms. The van der Waals surface area contributed by atoms with E-state index in [2.05, 4.69) is 36.2 Å². The third-order valence-electron chi connectivity index (χ3n) is 5.71. The van der Waals surface area contributed by atoms with Gasteiger partial charge in [-0.25, -0.2) is 4.98 Å². The van der Waals surface area contributed by atoms with Crippen LogP contribution in [0.3, 0.4) is 0 Å². The Balaban J connectivity index is 1.52. The van der Waals surface area contributed by atoms with Crippen LogP contribution in [-0.2, 0) is 6.18 Å². The standard InChI is InChI=1S/C24H23F3N2OS/c1-15-5-7-17(8-6-15)19-4-3-13-29(14-19)23(30)21-16(2)28-22(31-21)18-9-11-20(12-10-18)24(25,26)27/h5-12,19H,3-4,13-14H2,1-2H3. The van der Waals surface area contributed by atoms with E-state index in [0.717, 1.165) is 25.0 Å². The number of hydrogen-bond acceptors (Lipinski definition) is 3. The molecule has 3 nitrogen and oxygen atoms in total. The van der Waals surface area contributed by atoms with Gasteiger partial charge >= 0.3 is 6.18 Å². The Kier molecular flexibility index (Phi) is 5.88. The smallest absolute Gasteiger partial charge is 0.337 e. The Morgan fingerprint density at radius 3 is 2.39 bits per heavy atom. The zero-order valence-corrected chi connectivity index (χ0v) is 18.2. The minimum atomic E-state index is -4.37. The zero-order valence-electron chi connectivity index (χ0n) is 17.4. The molecule has 0 aliphatic carbocycles. The van der Waals surface area contributed by atoms with Crippen LogP contribution in [0.2, 0.25) is 0 Å². The Morgan fingerprint density at radius 1 is 1.06 bits per heavy atom. The van der Waals surface area contributed by atoms with E-state index in [9.17, 15) is 18.0 Å². The van der Waals surface area contributed by atoms with Gasteiger partial charge < -0.3 is 4.90 Å². The van der Waals surface area contributed by atoms with Crippen LogP contribution in [0.1, 0.15) is 50.8 Å². The molecule has 31 heavy (non-hydrogen) atoms. The Labute approximate surface area is 183 Å². The number of carbonyl (C=O) groups excluding carboxylic acids is 1. The van der Waals surface area contributed by atoms with E-state index in [1.165, 1.54) is 34.6 Å². The molecule has 3 aromatic rings. The first-order valence-corrected chi connectivity index (χ1v) is 11.0. The lowest BCUT2D eigenvalue weighted by atomic mass is 9.90. The number of rotatable bonds is 3. The number of likely N-dealkylation sites (tertiary alicyclic amines) is 1. The van der Waals surface area contributed by atoms with Crippen LogP contribution in [0.25, 0.3) is 10.6 Å². The molecule has 0 saturated carbocycles. The van der Waals surface area contributed by atoms with E-state index >= 15 is 0 Å². The number of amides is 1. The molecule has 7 heteroatoms. The number of halogens is 3. The van der Waals surface area contributed by atoms with Crippen LogP contribution in [0.4, 0.5) is 13.2 Å². The lowest BCUT2D eigenvalue weighted by molar-refractivity contribution is -0.137. The summed E-state index contributed by atoms with van der Waals surface area (Å²) in [5.41, 5.74) is 2.95. The summed E-state index contributed by atoms with van der Waals surface area (Å²) in [7, 11) is 0. The van der Waals surface area contributed by atoms with Gasteiger partial charge in [-0.2, -0.15) is 13.2 Å². The van der Waals surface area contributed by atoms with E-state index in [-0.39, 0.29) is 5.91 Å². The van der Waals surface area contributed by atoms with Gasteiger partial charge in [-0.3, -0.25) is 4.79 Å². The summed E-state index contributed by atoms with van der Waals surface area (Å²) >= 11 is 1.24. The number of aromatic nitrogens is 1. The second-order valence-corrected chi connectivity index (χ2v) is 9.01. The van der Waals surface area contributed by atoms with Crippen LogP contribution in [-0.4, -0.2) is 28.9 Å². The number of alkyl halides is 3. The summed E-state index contributed by atoms with van der Waals surface area (Å²) in [6.07, 6.45) is -2.39. The third kappa shape index (κ3) is 4.66. The fourth-order valence-corrected chi connectivity index (χ4v) is 4.98. The monoisotopic (exact) mass is 444 g/mol. The molecular formula is C24H23F3N2OS. The number of benzene rings is 2. The first-order chi connectivity index (χ1) is 14.7. The lowest BCUT2D eigenvalue weighted by Gasteiger charge is -2.33. The highest BCUT2D eigenvalue weighted by molar-refractivity contribution is 7.17. The summed E-state index contributed by atoms with van der Waals surface area (Å²) in [6, 6.07) is 13.4. The van der Waals surface area contributed by atoms with Gasteiger partial charge in [-0.1, -0.05) is 42.0 Å². The summed E-state index contributed by atoms with van der Waals surface area (Å²) in [5.74, 6) is 0.255. The van der Waals surface area contributed by atoms with Crippen LogP contribution < -0.4 is 0 Å². The molecule has 1 aliphatic rings. The van der Waals surface area contributed by atoms with Crippen molar-refractivity contribution in [2.24, 2.45) is 0 Å². The third-order valence-corrected chi connectivity index (χ3v) is 6.90. The second kappa shape index (κ2) is 8.46. The normalized spacial score (nSPS) is 17.1. The summed E-state index contributed by atoms with van der Waals surface area (Å²) in [4.78, 5) is 20.1. The highest BCUT2D eigenvalue weighted by Crippen LogP contribution is 2.34. The van der Waals surface area contributed by atoms with Gasteiger partial charge in [-0.05, 0) is 44.4 Å². The van der Waals surface area contributed by atoms with Crippen molar-refractivity contribution in [2.75, 3.05) is 13.1 Å². The number of hydrogen-bond donors (Lipinski definition) is 0. The van der Waals surface area contributed by atoms with Gasteiger partial charge in [0.05, 0.1) is 11.3 Å². The van der Waals surface area contributed by atoms with Crippen molar-refractivity contribution in [1.29, 1.82) is 0 Å². The maximum absolute atomic E-state index is 13.2. The molecule has 1 aliphatic heterocycles.